The summed E-state index contributed by atoms with van der Waals surface area (Å²) in [7, 11) is 0. The summed E-state index contributed by atoms with van der Waals surface area (Å²) in [5, 5.41) is 14.9. The van der Waals surface area contributed by atoms with Gasteiger partial charge in [-0.15, -0.1) is 0 Å². The summed E-state index contributed by atoms with van der Waals surface area (Å²) < 4.78 is 0. The number of likely N-dealkylation sites (tertiary alicyclic amines) is 2. The number of nitro groups is 1. The van der Waals surface area contributed by atoms with Crippen molar-refractivity contribution in [3.63, 3.8) is 0 Å². The van der Waals surface area contributed by atoms with Crippen LogP contribution in [-0.2, 0) is 0 Å². The van der Waals surface area contributed by atoms with E-state index in [1.54, 1.807) is 18.3 Å². The van der Waals surface area contributed by atoms with Crippen molar-refractivity contribution in [1.82, 2.24) is 14.8 Å². The van der Waals surface area contributed by atoms with E-state index in [2.05, 4.69) is 15.2 Å². The molecule has 2 aliphatic rings. The molecule has 2 aliphatic heterocycles. The van der Waals surface area contributed by atoms with Crippen LogP contribution in [0, 0.1) is 10.1 Å². The summed E-state index contributed by atoms with van der Waals surface area (Å²) in [4.78, 5) is 32.9. The van der Waals surface area contributed by atoms with E-state index in [-0.39, 0.29) is 17.6 Å². The standard InChI is InChI=1S/C23H29N5O3/c1-17(20-6-2-3-11-24-20)25-21-8-7-18(16-22(21)28(30)31)23(29)27-14-9-19(10-15-27)26-12-4-5-13-26/h2-3,6-8,11,16-17,19,25H,4-5,9-10,12-15H2,1H3. The van der Waals surface area contributed by atoms with Gasteiger partial charge in [-0.3, -0.25) is 19.9 Å². The lowest BCUT2D eigenvalue weighted by Gasteiger charge is -2.36. The molecule has 1 atom stereocenters. The quantitative estimate of drug-likeness (QED) is 0.560. The highest BCUT2D eigenvalue weighted by atomic mass is 16.6. The van der Waals surface area contributed by atoms with Gasteiger partial charge in [0.1, 0.15) is 5.69 Å². The molecule has 0 spiro atoms. The van der Waals surface area contributed by atoms with Crippen LogP contribution in [0.25, 0.3) is 0 Å². The van der Waals surface area contributed by atoms with Crippen LogP contribution < -0.4 is 5.32 Å². The van der Waals surface area contributed by atoms with Gasteiger partial charge >= 0.3 is 0 Å². The molecule has 1 unspecified atom stereocenters. The first-order valence-electron chi connectivity index (χ1n) is 11.0. The van der Waals surface area contributed by atoms with Gasteiger partial charge in [0.05, 0.1) is 16.7 Å². The molecule has 1 aromatic heterocycles. The molecular weight excluding hydrogens is 394 g/mol. The number of nitrogens with zero attached hydrogens (tertiary/aromatic N) is 4. The van der Waals surface area contributed by atoms with Gasteiger partial charge in [0.2, 0.25) is 0 Å². The van der Waals surface area contributed by atoms with Gasteiger partial charge in [0.25, 0.3) is 11.6 Å². The minimum atomic E-state index is -0.441. The lowest BCUT2D eigenvalue weighted by atomic mass is 10.0. The highest BCUT2D eigenvalue weighted by Crippen LogP contribution is 2.30. The number of benzene rings is 1. The van der Waals surface area contributed by atoms with E-state index >= 15 is 0 Å². The van der Waals surface area contributed by atoms with Crippen LogP contribution in [0.15, 0.2) is 42.6 Å². The number of anilines is 1. The number of carbonyl (C=O) groups is 1. The second-order valence-electron chi connectivity index (χ2n) is 8.38. The molecule has 8 heteroatoms. The van der Waals surface area contributed by atoms with Gasteiger partial charge in [-0.2, -0.15) is 0 Å². The van der Waals surface area contributed by atoms with E-state index in [0.29, 0.717) is 30.4 Å². The molecule has 8 nitrogen and oxygen atoms in total. The largest absolute Gasteiger partial charge is 0.371 e. The maximum absolute atomic E-state index is 13.0. The zero-order chi connectivity index (χ0) is 21.8. The number of carbonyl (C=O) groups excluding carboxylic acids is 1. The Bertz CT molecular complexity index is 922. The van der Waals surface area contributed by atoms with Crippen molar-refractivity contribution < 1.29 is 9.72 Å². The molecular formula is C23H29N5O3. The highest BCUT2D eigenvalue weighted by molar-refractivity contribution is 5.95. The molecule has 0 aliphatic carbocycles. The van der Waals surface area contributed by atoms with Crippen LogP contribution in [-0.4, -0.2) is 57.8 Å². The van der Waals surface area contributed by atoms with Crippen molar-refractivity contribution >= 4 is 17.3 Å². The molecule has 31 heavy (non-hydrogen) atoms. The average Bonchev–Trinajstić information content (AvgIpc) is 3.34. The van der Waals surface area contributed by atoms with Gasteiger partial charge in [-0.1, -0.05) is 6.07 Å². The highest BCUT2D eigenvalue weighted by Gasteiger charge is 2.29. The number of hydrogen-bond acceptors (Lipinski definition) is 6. The zero-order valence-corrected chi connectivity index (χ0v) is 17.9. The third-order valence-electron chi connectivity index (χ3n) is 6.35. The van der Waals surface area contributed by atoms with Crippen molar-refractivity contribution in [3.8, 4) is 0 Å². The number of rotatable bonds is 6. The Morgan fingerprint density at radius 2 is 1.90 bits per heavy atom. The molecule has 2 aromatic rings. The monoisotopic (exact) mass is 423 g/mol. The normalized spacial score (nSPS) is 18.7. The maximum Gasteiger partial charge on any atom is 0.293 e. The second kappa shape index (κ2) is 9.43. The summed E-state index contributed by atoms with van der Waals surface area (Å²) in [5.74, 6) is -0.132. The third-order valence-corrected chi connectivity index (χ3v) is 6.35. The predicted octanol–water partition coefficient (Wildman–Crippen LogP) is 3.86. The topological polar surface area (TPSA) is 91.6 Å². The molecule has 2 fully saturated rings. The van der Waals surface area contributed by atoms with E-state index < -0.39 is 4.92 Å². The lowest BCUT2D eigenvalue weighted by molar-refractivity contribution is -0.384. The van der Waals surface area contributed by atoms with E-state index in [4.69, 9.17) is 0 Å². The Hall–Kier alpha value is -3.00. The Balaban J connectivity index is 1.44. The molecule has 4 rings (SSSR count). The predicted molar refractivity (Wildman–Crippen MR) is 119 cm³/mol. The summed E-state index contributed by atoms with van der Waals surface area (Å²) >= 11 is 0. The van der Waals surface area contributed by atoms with Gasteiger partial charge in [-0.25, -0.2) is 0 Å². The number of amides is 1. The molecule has 1 aromatic carbocycles. The third kappa shape index (κ3) is 4.85. The number of pyridine rings is 1. The van der Waals surface area contributed by atoms with Crippen molar-refractivity contribution in [2.24, 2.45) is 0 Å². The Morgan fingerprint density at radius 3 is 2.55 bits per heavy atom. The second-order valence-corrected chi connectivity index (χ2v) is 8.38. The molecule has 2 saturated heterocycles. The van der Waals surface area contributed by atoms with Crippen LogP contribution in [0.1, 0.15) is 54.7 Å². The zero-order valence-electron chi connectivity index (χ0n) is 17.9. The van der Waals surface area contributed by atoms with Crippen molar-refractivity contribution in [1.29, 1.82) is 0 Å². The minimum absolute atomic E-state index is 0.0967. The Morgan fingerprint density at radius 1 is 1.16 bits per heavy atom. The van der Waals surface area contributed by atoms with Gasteiger partial charge < -0.3 is 15.1 Å². The van der Waals surface area contributed by atoms with Crippen LogP contribution >= 0.6 is 0 Å². The van der Waals surface area contributed by atoms with Crippen LogP contribution in [0.4, 0.5) is 11.4 Å². The smallest absolute Gasteiger partial charge is 0.293 e. The molecule has 1 N–H and O–H groups in total. The molecule has 3 heterocycles. The number of aromatic nitrogens is 1. The van der Waals surface area contributed by atoms with E-state index in [0.717, 1.165) is 31.6 Å². The first-order chi connectivity index (χ1) is 15.0. The summed E-state index contributed by atoms with van der Waals surface area (Å²) in [6, 6.07) is 10.6. The minimum Gasteiger partial charge on any atom is -0.371 e. The van der Waals surface area contributed by atoms with Gasteiger partial charge in [0, 0.05) is 37.0 Å². The summed E-state index contributed by atoms with van der Waals surface area (Å²) in [5.41, 5.74) is 1.44. The average molecular weight is 424 g/mol. The first kappa shape index (κ1) is 21.2. The van der Waals surface area contributed by atoms with Crippen LogP contribution in [0.3, 0.4) is 0 Å². The molecule has 0 radical (unpaired) electrons. The fourth-order valence-corrected chi connectivity index (χ4v) is 4.60. The van der Waals surface area contributed by atoms with Crippen LogP contribution in [0.2, 0.25) is 0 Å². The Kier molecular flexibility index (Phi) is 6.46. The van der Waals surface area contributed by atoms with E-state index in [9.17, 15) is 14.9 Å². The van der Waals surface area contributed by atoms with Gasteiger partial charge in [0.15, 0.2) is 0 Å². The van der Waals surface area contributed by atoms with E-state index in [1.165, 1.54) is 18.9 Å². The van der Waals surface area contributed by atoms with Crippen LogP contribution in [0.5, 0.6) is 0 Å². The first-order valence-corrected chi connectivity index (χ1v) is 11.0. The summed E-state index contributed by atoms with van der Waals surface area (Å²) in [6.07, 6.45) is 6.16. The van der Waals surface area contributed by atoms with Crippen molar-refractivity contribution in [2.75, 3.05) is 31.5 Å². The number of piperidine rings is 1. The summed E-state index contributed by atoms with van der Waals surface area (Å²) in [6.45, 7) is 5.62. The fourth-order valence-electron chi connectivity index (χ4n) is 4.60. The lowest BCUT2D eigenvalue weighted by Crippen LogP contribution is -2.45. The van der Waals surface area contributed by atoms with Crippen molar-refractivity contribution in [2.45, 2.75) is 44.7 Å². The molecule has 1 amide bonds. The number of nitro benzene ring substituents is 1. The molecule has 0 saturated carbocycles. The maximum atomic E-state index is 13.0. The van der Waals surface area contributed by atoms with E-state index in [1.807, 2.05) is 30.0 Å². The number of nitrogens with one attached hydrogen (secondary N) is 1. The fraction of sp³-hybridized carbons (Fsp3) is 0.478. The Labute approximate surface area is 182 Å². The SMILES string of the molecule is CC(Nc1ccc(C(=O)N2CCC(N3CCCC3)CC2)cc1[N+](=O)[O-])c1ccccn1. The van der Waals surface area contributed by atoms with Crippen molar-refractivity contribution in [3.05, 3.63) is 64.0 Å². The molecule has 0 bridgehead atoms. The number of hydrogen-bond donors (Lipinski definition) is 1. The molecule has 164 valence electrons. The van der Waals surface area contributed by atoms with Gasteiger partial charge in [-0.05, 0) is 70.0 Å².